The largest absolute Gasteiger partial charge is 0.326 e. The highest BCUT2D eigenvalue weighted by atomic mass is 32.1. The lowest BCUT2D eigenvalue weighted by molar-refractivity contribution is 0.818. The third-order valence-corrected chi connectivity index (χ3v) is 3.64. The molecule has 0 bridgehead atoms. The van der Waals surface area contributed by atoms with Crippen molar-refractivity contribution in [1.82, 2.24) is 14.5 Å². The number of hydrogen-bond acceptors (Lipinski definition) is 4. The second-order valence-electron chi connectivity index (χ2n) is 4.22. The molecule has 2 aromatic heterocycles. The van der Waals surface area contributed by atoms with Crippen LogP contribution in [0.5, 0.6) is 0 Å². The van der Waals surface area contributed by atoms with Gasteiger partial charge in [0.1, 0.15) is 0 Å². The maximum atomic E-state index is 4.35. The second kappa shape index (κ2) is 5.24. The summed E-state index contributed by atoms with van der Waals surface area (Å²) in [4.78, 5) is 9.85. The van der Waals surface area contributed by atoms with E-state index in [-0.39, 0.29) is 0 Å². The third-order valence-electron chi connectivity index (χ3n) is 2.74. The van der Waals surface area contributed by atoms with E-state index in [4.69, 9.17) is 0 Å². The summed E-state index contributed by atoms with van der Waals surface area (Å²) >= 11 is 1.71. The maximum Gasteiger partial charge on any atom is 0.207 e. The molecule has 0 unspecified atom stereocenters. The van der Waals surface area contributed by atoms with Crippen molar-refractivity contribution < 1.29 is 0 Å². The van der Waals surface area contributed by atoms with Gasteiger partial charge < -0.3 is 9.88 Å². The number of aromatic nitrogens is 3. The molecular weight excluding hydrogens is 256 g/mol. The van der Waals surface area contributed by atoms with E-state index in [1.54, 1.807) is 17.5 Å². The third kappa shape index (κ3) is 2.82. The molecule has 1 aromatic carbocycles. The Balaban J connectivity index is 1.79. The summed E-state index contributed by atoms with van der Waals surface area (Å²) in [5, 5.41) is 4.41. The van der Waals surface area contributed by atoms with Crippen LogP contribution in [0.3, 0.4) is 0 Å². The van der Waals surface area contributed by atoms with Crippen molar-refractivity contribution in [3.8, 4) is 0 Å². The maximum absolute atomic E-state index is 4.35. The lowest BCUT2D eigenvalue weighted by atomic mass is 10.3. The summed E-state index contributed by atoms with van der Waals surface area (Å²) in [6, 6.07) is 10.0. The van der Waals surface area contributed by atoms with Gasteiger partial charge in [-0.15, -0.1) is 11.3 Å². The summed E-state index contributed by atoms with van der Waals surface area (Å²) in [6.45, 7) is 2.81. The topological polar surface area (TPSA) is 42.7 Å². The number of nitrogens with zero attached hydrogens (tertiary/aromatic N) is 3. The Kier molecular flexibility index (Phi) is 3.29. The quantitative estimate of drug-likeness (QED) is 0.789. The van der Waals surface area contributed by atoms with Gasteiger partial charge in [0.05, 0.1) is 11.6 Å². The summed E-state index contributed by atoms with van der Waals surface area (Å²) < 4.78 is 2.08. The molecule has 0 atom stereocenters. The summed E-state index contributed by atoms with van der Waals surface area (Å²) in [5.41, 5.74) is 1.04. The Hall–Kier alpha value is -2.14. The lowest BCUT2D eigenvalue weighted by Gasteiger charge is -2.08. The molecule has 0 radical (unpaired) electrons. The van der Waals surface area contributed by atoms with Crippen LogP contribution in [0, 0.1) is 6.92 Å². The average molecular weight is 270 g/mol. The fraction of sp³-hybridized carbons (Fsp3) is 0.143. The Morgan fingerprint density at radius 2 is 2.05 bits per heavy atom. The zero-order valence-electron chi connectivity index (χ0n) is 10.6. The fourth-order valence-corrected chi connectivity index (χ4v) is 2.65. The number of rotatable bonds is 4. The highest BCUT2D eigenvalue weighted by molar-refractivity contribution is 7.11. The van der Waals surface area contributed by atoms with Crippen molar-refractivity contribution in [2.45, 2.75) is 13.5 Å². The van der Waals surface area contributed by atoms with Crippen LogP contribution in [0.1, 0.15) is 9.88 Å². The summed E-state index contributed by atoms with van der Waals surface area (Å²) in [5.74, 6) is 0.845. The van der Waals surface area contributed by atoms with Gasteiger partial charge in [0, 0.05) is 29.2 Å². The van der Waals surface area contributed by atoms with Gasteiger partial charge in [0.15, 0.2) is 0 Å². The minimum atomic E-state index is 0.792. The van der Waals surface area contributed by atoms with E-state index in [1.165, 1.54) is 4.88 Å². The van der Waals surface area contributed by atoms with Crippen LogP contribution in [0.15, 0.2) is 48.9 Å². The van der Waals surface area contributed by atoms with Crippen LogP contribution in [-0.4, -0.2) is 14.5 Å². The number of hydrogen-bond donors (Lipinski definition) is 1. The Bertz CT molecular complexity index is 657. The molecule has 19 heavy (non-hydrogen) atoms. The van der Waals surface area contributed by atoms with E-state index in [0.29, 0.717) is 0 Å². The fourth-order valence-electron chi connectivity index (χ4n) is 1.86. The Labute approximate surface area is 115 Å². The molecule has 0 aliphatic carbocycles. The number of imidazole rings is 1. The zero-order valence-corrected chi connectivity index (χ0v) is 11.4. The van der Waals surface area contributed by atoms with Gasteiger partial charge in [0.25, 0.3) is 0 Å². The lowest BCUT2D eigenvalue weighted by Crippen LogP contribution is -2.03. The highest BCUT2D eigenvalue weighted by Crippen LogP contribution is 2.18. The number of para-hydroxylation sites is 1. The first-order valence-corrected chi connectivity index (χ1v) is 6.87. The number of benzene rings is 1. The van der Waals surface area contributed by atoms with Gasteiger partial charge in [-0.05, 0) is 19.1 Å². The van der Waals surface area contributed by atoms with Crippen molar-refractivity contribution >= 4 is 23.0 Å². The minimum Gasteiger partial charge on any atom is -0.326 e. The molecule has 0 aliphatic heterocycles. The Morgan fingerprint density at radius 3 is 2.79 bits per heavy atom. The monoisotopic (exact) mass is 270 g/mol. The van der Waals surface area contributed by atoms with Gasteiger partial charge in [-0.1, -0.05) is 18.2 Å². The molecule has 0 aliphatic rings. The van der Waals surface area contributed by atoms with Gasteiger partial charge in [0.2, 0.25) is 5.95 Å². The van der Waals surface area contributed by atoms with Crippen molar-refractivity contribution in [2.24, 2.45) is 0 Å². The molecule has 0 saturated carbocycles. The standard InChI is InChI=1S/C14H14N4S/c1-11-16-9-13(19-11)10-18-8-7-15-14(18)17-12-5-3-2-4-6-12/h2-9H,10H2,1H3,(H,15,17). The summed E-state index contributed by atoms with van der Waals surface area (Å²) in [6.07, 6.45) is 5.70. The zero-order chi connectivity index (χ0) is 13.1. The Morgan fingerprint density at radius 1 is 1.21 bits per heavy atom. The molecule has 2 heterocycles. The van der Waals surface area contributed by atoms with E-state index in [0.717, 1.165) is 23.2 Å². The second-order valence-corrected chi connectivity index (χ2v) is 5.53. The number of aryl methyl sites for hydroxylation is 1. The number of nitrogens with one attached hydrogen (secondary N) is 1. The molecule has 0 fully saturated rings. The SMILES string of the molecule is Cc1ncc(Cn2ccnc2Nc2ccccc2)s1. The van der Waals surface area contributed by atoms with Gasteiger partial charge in [-0.25, -0.2) is 9.97 Å². The van der Waals surface area contributed by atoms with Crippen LogP contribution >= 0.6 is 11.3 Å². The molecule has 5 heteroatoms. The van der Waals surface area contributed by atoms with E-state index in [1.807, 2.05) is 49.6 Å². The van der Waals surface area contributed by atoms with Crippen molar-refractivity contribution in [2.75, 3.05) is 5.32 Å². The first-order chi connectivity index (χ1) is 9.31. The molecule has 4 nitrogen and oxygen atoms in total. The molecule has 96 valence electrons. The van der Waals surface area contributed by atoms with Crippen LogP contribution in [0.4, 0.5) is 11.6 Å². The molecule has 1 N–H and O–H groups in total. The number of anilines is 2. The normalized spacial score (nSPS) is 10.6. The summed E-state index contributed by atoms with van der Waals surface area (Å²) in [7, 11) is 0. The van der Waals surface area contributed by atoms with E-state index < -0.39 is 0 Å². The first kappa shape index (κ1) is 11.9. The van der Waals surface area contributed by atoms with Crippen LogP contribution in [0.2, 0.25) is 0 Å². The van der Waals surface area contributed by atoms with Crippen LogP contribution < -0.4 is 5.32 Å². The van der Waals surface area contributed by atoms with Crippen molar-refractivity contribution in [3.63, 3.8) is 0 Å². The van der Waals surface area contributed by atoms with Crippen LogP contribution in [0.25, 0.3) is 0 Å². The molecule has 0 spiro atoms. The first-order valence-electron chi connectivity index (χ1n) is 6.06. The van der Waals surface area contributed by atoms with Gasteiger partial charge in [-0.2, -0.15) is 0 Å². The number of thiazole rings is 1. The minimum absolute atomic E-state index is 0.792. The molecular formula is C14H14N4S. The molecule has 3 aromatic rings. The van der Waals surface area contributed by atoms with Crippen molar-refractivity contribution in [1.29, 1.82) is 0 Å². The molecule has 3 rings (SSSR count). The van der Waals surface area contributed by atoms with Gasteiger partial charge in [-0.3, -0.25) is 0 Å². The predicted molar refractivity (Wildman–Crippen MR) is 77.9 cm³/mol. The molecule has 0 saturated heterocycles. The van der Waals surface area contributed by atoms with E-state index >= 15 is 0 Å². The average Bonchev–Trinajstić information content (AvgIpc) is 3.01. The van der Waals surface area contributed by atoms with E-state index in [2.05, 4.69) is 19.9 Å². The molecule has 0 amide bonds. The van der Waals surface area contributed by atoms with Crippen molar-refractivity contribution in [3.05, 3.63) is 58.8 Å². The van der Waals surface area contributed by atoms with Gasteiger partial charge >= 0.3 is 0 Å². The van der Waals surface area contributed by atoms with E-state index in [9.17, 15) is 0 Å². The predicted octanol–water partition coefficient (Wildman–Crippen LogP) is 3.44. The smallest absolute Gasteiger partial charge is 0.207 e. The highest BCUT2D eigenvalue weighted by Gasteiger charge is 2.05. The van der Waals surface area contributed by atoms with Crippen LogP contribution in [-0.2, 0) is 6.54 Å².